The number of nitrogens with one attached hydrogen (secondary N) is 1. The summed E-state index contributed by atoms with van der Waals surface area (Å²) in [6, 6.07) is 1.53. The van der Waals surface area contributed by atoms with E-state index in [1.165, 1.54) is 51.7 Å². The highest BCUT2D eigenvalue weighted by molar-refractivity contribution is 4.81. The lowest BCUT2D eigenvalue weighted by atomic mass is 10.1. The number of hydrogen-bond donors (Lipinski definition) is 1. The van der Waals surface area contributed by atoms with Crippen molar-refractivity contribution in [2.24, 2.45) is 5.92 Å². The van der Waals surface area contributed by atoms with Crippen LogP contribution in [-0.4, -0.2) is 36.6 Å². The van der Waals surface area contributed by atoms with Crippen molar-refractivity contribution in [3.8, 4) is 0 Å². The molecule has 2 rings (SSSR count). The van der Waals surface area contributed by atoms with Gasteiger partial charge in [-0.05, 0) is 58.7 Å². The molecule has 0 amide bonds. The lowest BCUT2D eigenvalue weighted by molar-refractivity contribution is 0.172. The summed E-state index contributed by atoms with van der Waals surface area (Å²) in [7, 11) is 0. The fourth-order valence-corrected chi connectivity index (χ4v) is 2.63. The molecule has 0 aromatic carbocycles. The van der Waals surface area contributed by atoms with Crippen LogP contribution >= 0.6 is 0 Å². The zero-order chi connectivity index (χ0) is 10.7. The van der Waals surface area contributed by atoms with Gasteiger partial charge in [-0.15, -0.1) is 0 Å². The molecule has 1 saturated carbocycles. The van der Waals surface area contributed by atoms with E-state index in [4.69, 9.17) is 0 Å². The molecule has 1 N–H and O–H groups in total. The van der Waals surface area contributed by atoms with Crippen LogP contribution in [0.15, 0.2) is 0 Å². The first kappa shape index (κ1) is 11.4. The largest absolute Gasteiger partial charge is 0.314 e. The Morgan fingerprint density at radius 3 is 2.80 bits per heavy atom. The highest BCUT2D eigenvalue weighted by Crippen LogP contribution is 2.34. The van der Waals surface area contributed by atoms with Gasteiger partial charge in [-0.3, -0.25) is 0 Å². The van der Waals surface area contributed by atoms with E-state index in [0.717, 1.165) is 12.0 Å². The third kappa shape index (κ3) is 3.76. The molecular formula is C13H26N2. The lowest BCUT2D eigenvalue weighted by Crippen LogP contribution is -2.42. The molecule has 1 aliphatic carbocycles. The first-order valence-electron chi connectivity index (χ1n) is 6.73. The van der Waals surface area contributed by atoms with E-state index < -0.39 is 0 Å². The quantitative estimate of drug-likeness (QED) is 0.768. The molecule has 2 heteroatoms. The lowest BCUT2D eigenvalue weighted by Gasteiger charge is -2.32. The molecule has 2 nitrogen and oxygen atoms in total. The normalized spacial score (nSPS) is 32.0. The molecule has 0 radical (unpaired) electrons. The molecule has 0 aromatic heterocycles. The van der Waals surface area contributed by atoms with Gasteiger partial charge >= 0.3 is 0 Å². The van der Waals surface area contributed by atoms with Crippen molar-refractivity contribution < 1.29 is 0 Å². The van der Waals surface area contributed by atoms with Gasteiger partial charge < -0.3 is 10.2 Å². The summed E-state index contributed by atoms with van der Waals surface area (Å²) < 4.78 is 0. The van der Waals surface area contributed by atoms with Crippen molar-refractivity contribution >= 4 is 0 Å². The van der Waals surface area contributed by atoms with E-state index in [1.54, 1.807) is 0 Å². The summed E-state index contributed by atoms with van der Waals surface area (Å²) in [5.74, 6) is 1.07. The maximum Gasteiger partial charge on any atom is 0.00695 e. The third-order valence-electron chi connectivity index (χ3n) is 3.96. The van der Waals surface area contributed by atoms with Crippen LogP contribution in [0.25, 0.3) is 0 Å². The summed E-state index contributed by atoms with van der Waals surface area (Å²) in [6.07, 6.45) is 7.07. The van der Waals surface area contributed by atoms with Crippen LogP contribution in [0.3, 0.4) is 0 Å². The summed E-state index contributed by atoms with van der Waals surface area (Å²) >= 11 is 0. The van der Waals surface area contributed by atoms with Gasteiger partial charge in [-0.2, -0.15) is 0 Å². The van der Waals surface area contributed by atoms with Gasteiger partial charge in [0.25, 0.3) is 0 Å². The van der Waals surface area contributed by atoms with Gasteiger partial charge in [0.05, 0.1) is 0 Å². The predicted octanol–water partition coefficient (Wildman–Crippen LogP) is 2.25. The summed E-state index contributed by atoms with van der Waals surface area (Å²) in [6.45, 7) is 8.54. The Kier molecular flexibility index (Phi) is 4.04. The maximum absolute atomic E-state index is 3.57. The smallest absolute Gasteiger partial charge is 0.00695 e. The Morgan fingerprint density at radius 1 is 1.27 bits per heavy atom. The summed E-state index contributed by atoms with van der Waals surface area (Å²) in [5, 5.41) is 3.57. The molecule has 15 heavy (non-hydrogen) atoms. The first-order valence-corrected chi connectivity index (χ1v) is 6.73. The second kappa shape index (κ2) is 5.31. The molecule has 1 saturated heterocycles. The highest BCUT2D eigenvalue weighted by atomic mass is 15.2. The van der Waals surface area contributed by atoms with Crippen molar-refractivity contribution in [3.05, 3.63) is 0 Å². The van der Waals surface area contributed by atoms with Crippen molar-refractivity contribution in [2.75, 3.05) is 19.6 Å². The molecule has 88 valence electrons. The second-order valence-corrected chi connectivity index (χ2v) is 5.56. The molecule has 0 aromatic rings. The van der Waals surface area contributed by atoms with E-state index in [-0.39, 0.29) is 0 Å². The molecule has 1 heterocycles. The molecule has 2 aliphatic rings. The fourth-order valence-electron chi connectivity index (χ4n) is 2.63. The highest BCUT2D eigenvalue weighted by Gasteiger charge is 2.26. The maximum atomic E-state index is 3.57. The standard InChI is InChI=1S/C13H26N2/c1-11-6-9-15(8-3-7-14-11)12(2)10-13-4-5-13/h11-14H,3-10H2,1-2H3. The second-order valence-electron chi connectivity index (χ2n) is 5.56. The zero-order valence-corrected chi connectivity index (χ0v) is 10.3. The first-order chi connectivity index (χ1) is 7.25. The fraction of sp³-hybridized carbons (Fsp3) is 1.00. The Morgan fingerprint density at radius 2 is 2.07 bits per heavy atom. The molecule has 2 fully saturated rings. The Labute approximate surface area is 94.4 Å². The van der Waals surface area contributed by atoms with Crippen LogP contribution in [0.1, 0.15) is 46.0 Å². The van der Waals surface area contributed by atoms with Crippen molar-refractivity contribution in [3.63, 3.8) is 0 Å². The van der Waals surface area contributed by atoms with Gasteiger partial charge in [0, 0.05) is 12.1 Å². The van der Waals surface area contributed by atoms with Crippen LogP contribution in [0.4, 0.5) is 0 Å². The van der Waals surface area contributed by atoms with Gasteiger partial charge in [-0.25, -0.2) is 0 Å². The van der Waals surface area contributed by atoms with E-state index in [2.05, 4.69) is 24.1 Å². The van der Waals surface area contributed by atoms with E-state index >= 15 is 0 Å². The van der Waals surface area contributed by atoms with Gasteiger partial charge in [0.2, 0.25) is 0 Å². The van der Waals surface area contributed by atoms with Crippen LogP contribution in [0.5, 0.6) is 0 Å². The van der Waals surface area contributed by atoms with Crippen LogP contribution in [-0.2, 0) is 0 Å². The topological polar surface area (TPSA) is 15.3 Å². The number of hydrogen-bond acceptors (Lipinski definition) is 2. The van der Waals surface area contributed by atoms with E-state index in [9.17, 15) is 0 Å². The SMILES string of the molecule is CC1CCN(C(C)CC2CC2)CCCN1. The zero-order valence-electron chi connectivity index (χ0n) is 10.3. The van der Waals surface area contributed by atoms with E-state index in [0.29, 0.717) is 6.04 Å². The average Bonchev–Trinajstić information content (AvgIpc) is 2.95. The molecule has 2 atom stereocenters. The molecular weight excluding hydrogens is 184 g/mol. The van der Waals surface area contributed by atoms with Crippen molar-refractivity contribution in [2.45, 2.75) is 58.0 Å². The molecule has 2 unspecified atom stereocenters. The molecule has 1 aliphatic heterocycles. The molecule has 0 bridgehead atoms. The monoisotopic (exact) mass is 210 g/mol. The summed E-state index contributed by atoms with van der Waals surface area (Å²) in [5.41, 5.74) is 0. The predicted molar refractivity (Wildman–Crippen MR) is 65.1 cm³/mol. The minimum absolute atomic E-state index is 0.709. The minimum Gasteiger partial charge on any atom is -0.314 e. The third-order valence-corrected chi connectivity index (χ3v) is 3.96. The Balaban J connectivity index is 1.77. The van der Waals surface area contributed by atoms with Crippen molar-refractivity contribution in [1.29, 1.82) is 0 Å². The summed E-state index contributed by atoms with van der Waals surface area (Å²) in [4.78, 5) is 2.72. The molecule has 0 spiro atoms. The van der Waals surface area contributed by atoms with Gasteiger partial charge in [0.1, 0.15) is 0 Å². The van der Waals surface area contributed by atoms with Gasteiger partial charge in [-0.1, -0.05) is 12.8 Å². The van der Waals surface area contributed by atoms with Crippen LogP contribution in [0, 0.1) is 5.92 Å². The van der Waals surface area contributed by atoms with Gasteiger partial charge in [0.15, 0.2) is 0 Å². The van der Waals surface area contributed by atoms with E-state index in [1.807, 2.05) is 0 Å². The Hall–Kier alpha value is -0.0800. The number of nitrogens with zero attached hydrogens (tertiary/aromatic N) is 1. The minimum atomic E-state index is 0.709. The Bertz CT molecular complexity index is 189. The van der Waals surface area contributed by atoms with Crippen molar-refractivity contribution in [1.82, 2.24) is 10.2 Å². The van der Waals surface area contributed by atoms with Crippen LogP contribution < -0.4 is 5.32 Å². The number of rotatable bonds is 3. The average molecular weight is 210 g/mol. The van der Waals surface area contributed by atoms with Crippen LogP contribution in [0.2, 0.25) is 0 Å².